The predicted octanol–water partition coefficient (Wildman–Crippen LogP) is 1.05. The Hall–Kier alpha value is 1.13. The summed E-state index contributed by atoms with van der Waals surface area (Å²) in [6, 6.07) is 0. The normalized spacial score (nSPS) is 10.1. The second kappa shape index (κ2) is 3.02. The van der Waals surface area contributed by atoms with Gasteiger partial charge in [0.05, 0.1) is 45.7 Å². The molecule has 0 bridgehead atoms. The maximum absolute atomic E-state index is 10.8. The van der Waals surface area contributed by atoms with Gasteiger partial charge in [0.1, 0.15) is 0 Å². The van der Waals surface area contributed by atoms with Gasteiger partial charge in [-0.1, -0.05) is 0 Å². The summed E-state index contributed by atoms with van der Waals surface area (Å²) in [4.78, 5) is 10.8. The quantitative estimate of drug-likeness (QED) is 0.541. The average Bonchev–Trinajstić information content (AvgIpc) is 1.98. The topological polar surface area (TPSA) is 39.8 Å². The van der Waals surface area contributed by atoms with Gasteiger partial charge in [0.2, 0.25) is 3.83 Å². The summed E-state index contributed by atoms with van der Waals surface area (Å²) in [5, 5.41) is 3.84. The molecule has 1 heterocycles. The number of hydrogen-bond donors (Lipinski definition) is 0. The van der Waals surface area contributed by atoms with E-state index in [9.17, 15) is 4.79 Å². The molecular weight excluding hydrogens is 463 g/mol. The van der Waals surface area contributed by atoms with Gasteiger partial charge in [0.25, 0.3) is 0 Å². The van der Waals surface area contributed by atoms with Crippen molar-refractivity contribution in [1.82, 2.24) is 10.8 Å². The zero-order valence-electron chi connectivity index (χ0n) is 3.88. The fourth-order valence-electron chi connectivity index (χ4n) is 0.306. The number of rotatable bonds is 0. The third-order valence-corrected chi connectivity index (χ3v) is 3.78. The molecule has 1 aromatic rings. The highest BCUT2D eigenvalue weighted by atomic mass is 127. The number of halogens is 3. The summed E-state index contributed by atoms with van der Waals surface area (Å²) in [6.45, 7) is 0. The number of hydrogen-bond acceptors (Lipinski definition) is 2. The second-order valence-corrected chi connectivity index (χ2v) is 4.04. The van der Waals surface area contributed by atoms with E-state index in [0.717, 1.165) is 0 Å². The SMILES string of the molecule is O=c1n(I)nc(I)n1I. The summed E-state index contributed by atoms with van der Waals surface area (Å²) in [5.41, 5.74) is -0.111. The van der Waals surface area contributed by atoms with Crippen molar-refractivity contribution in [1.29, 1.82) is 0 Å². The van der Waals surface area contributed by atoms with Gasteiger partial charge in [-0.15, -0.1) is 7.99 Å². The van der Waals surface area contributed by atoms with Gasteiger partial charge < -0.3 is 0 Å². The Morgan fingerprint density at radius 2 is 2.00 bits per heavy atom. The van der Waals surface area contributed by atoms with E-state index >= 15 is 0 Å². The zero-order chi connectivity index (χ0) is 7.02. The van der Waals surface area contributed by atoms with E-state index in [1.165, 1.54) is 5.68 Å². The van der Waals surface area contributed by atoms with Crippen LogP contribution in [0.3, 0.4) is 0 Å². The van der Waals surface area contributed by atoms with Gasteiger partial charge in [-0.3, -0.25) is 0 Å². The van der Waals surface area contributed by atoms with Crippen LogP contribution in [0.15, 0.2) is 4.79 Å². The molecule has 1 aromatic heterocycles. The Bertz CT molecular complexity index is 275. The standard InChI is InChI=1S/C2I3N3O/c3-1-6-8(5)2(9)7(1)4. The van der Waals surface area contributed by atoms with Crippen molar-refractivity contribution < 1.29 is 0 Å². The highest BCUT2D eigenvalue weighted by Crippen LogP contribution is 2.01. The molecule has 0 saturated heterocycles. The lowest BCUT2D eigenvalue weighted by atomic mass is 11.3. The highest BCUT2D eigenvalue weighted by Gasteiger charge is 2.04. The van der Waals surface area contributed by atoms with Crippen LogP contribution >= 0.6 is 68.3 Å². The number of nitrogens with zero attached hydrogens (tertiary/aromatic N) is 3. The molecule has 1 rings (SSSR count). The Morgan fingerprint density at radius 1 is 1.44 bits per heavy atom. The van der Waals surface area contributed by atoms with Gasteiger partial charge in [0.15, 0.2) is 0 Å². The predicted molar refractivity (Wildman–Crippen MR) is 58.0 cm³/mol. The Balaban J connectivity index is 3.48. The van der Waals surface area contributed by atoms with E-state index in [1.54, 1.807) is 0 Å². The molecule has 50 valence electrons. The Morgan fingerprint density at radius 3 is 2.11 bits per heavy atom. The van der Waals surface area contributed by atoms with Crippen LogP contribution < -0.4 is 5.69 Å². The maximum atomic E-state index is 10.8. The fourth-order valence-corrected chi connectivity index (χ4v) is 2.27. The van der Waals surface area contributed by atoms with Crippen LogP contribution in [0.25, 0.3) is 0 Å². The van der Waals surface area contributed by atoms with E-state index in [-0.39, 0.29) is 5.69 Å². The third-order valence-electron chi connectivity index (χ3n) is 0.658. The maximum Gasteiger partial charge on any atom is 0.365 e. The molecular formula is C2I3N3O. The van der Waals surface area contributed by atoms with Crippen LogP contribution in [0, 0.1) is 3.83 Å². The van der Waals surface area contributed by atoms with Crippen molar-refractivity contribution in [2.45, 2.75) is 0 Å². The lowest BCUT2D eigenvalue weighted by Gasteiger charge is -1.78. The molecule has 0 fully saturated rings. The second-order valence-electron chi connectivity index (χ2n) is 1.19. The summed E-state index contributed by atoms with van der Waals surface area (Å²) in [6.07, 6.45) is 0. The van der Waals surface area contributed by atoms with Gasteiger partial charge in [-0.05, 0) is 0 Å². The highest BCUT2D eigenvalue weighted by molar-refractivity contribution is 14.1. The molecule has 0 saturated carbocycles. The van der Waals surface area contributed by atoms with Gasteiger partial charge in [-0.2, -0.15) is 0 Å². The van der Waals surface area contributed by atoms with E-state index in [4.69, 9.17) is 0 Å². The molecule has 0 aliphatic heterocycles. The number of aromatic nitrogens is 3. The molecule has 0 unspecified atom stereocenters. The summed E-state index contributed by atoms with van der Waals surface area (Å²) in [5.74, 6) is 0. The molecule has 0 aliphatic rings. The zero-order valence-corrected chi connectivity index (χ0v) is 10.4. The van der Waals surface area contributed by atoms with E-state index in [2.05, 4.69) is 5.10 Å². The van der Waals surface area contributed by atoms with Crippen LogP contribution in [0.2, 0.25) is 0 Å². The molecule has 0 aromatic carbocycles. The smallest absolute Gasteiger partial charge is 0.244 e. The molecule has 0 spiro atoms. The van der Waals surface area contributed by atoms with Crippen molar-refractivity contribution in [2.24, 2.45) is 0 Å². The molecule has 7 heteroatoms. The summed E-state index contributed by atoms with van der Waals surface area (Å²) >= 11 is 5.72. The lowest BCUT2D eigenvalue weighted by molar-refractivity contribution is 1.00. The van der Waals surface area contributed by atoms with Crippen LogP contribution in [0.4, 0.5) is 0 Å². The first kappa shape index (κ1) is 8.23. The fraction of sp³-hybridized carbons (Fsp3) is 0. The molecule has 0 N–H and O–H groups in total. The molecule has 0 aliphatic carbocycles. The first-order valence-corrected chi connectivity index (χ1v) is 4.83. The molecule has 0 atom stereocenters. The summed E-state index contributed by atoms with van der Waals surface area (Å²) < 4.78 is 3.41. The minimum Gasteiger partial charge on any atom is -0.244 e. The molecule has 9 heavy (non-hydrogen) atoms. The van der Waals surface area contributed by atoms with Crippen LogP contribution in [-0.4, -0.2) is 10.8 Å². The average molecular weight is 463 g/mol. The lowest BCUT2D eigenvalue weighted by Crippen LogP contribution is -2.13. The van der Waals surface area contributed by atoms with Crippen molar-refractivity contribution in [2.75, 3.05) is 0 Å². The van der Waals surface area contributed by atoms with Crippen molar-refractivity contribution in [3.05, 3.63) is 14.3 Å². The van der Waals surface area contributed by atoms with Crippen molar-refractivity contribution >= 4 is 68.3 Å². The first-order chi connectivity index (χ1) is 4.13. The minimum atomic E-state index is -0.111. The summed E-state index contributed by atoms with van der Waals surface area (Å²) in [7, 11) is 0. The van der Waals surface area contributed by atoms with Gasteiger partial charge >= 0.3 is 5.69 Å². The van der Waals surface area contributed by atoms with E-state index in [0.29, 0.717) is 3.83 Å². The van der Waals surface area contributed by atoms with Gasteiger partial charge in [-0.25, -0.2) is 7.58 Å². The van der Waals surface area contributed by atoms with Crippen molar-refractivity contribution in [3.63, 3.8) is 0 Å². The Labute approximate surface area is 92.1 Å². The minimum absolute atomic E-state index is 0.111. The monoisotopic (exact) mass is 463 g/mol. The van der Waals surface area contributed by atoms with Crippen LogP contribution in [0.5, 0.6) is 0 Å². The Kier molecular flexibility index (Phi) is 2.76. The van der Waals surface area contributed by atoms with Crippen LogP contribution in [0.1, 0.15) is 0 Å². The van der Waals surface area contributed by atoms with Gasteiger partial charge in [0, 0.05) is 22.6 Å². The van der Waals surface area contributed by atoms with E-state index < -0.39 is 0 Å². The molecule has 0 radical (unpaired) electrons. The van der Waals surface area contributed by atoms with E-state index in [1.807, 2.05) is 68.3 Å². The third kappa shape index (κ3) is 1.58. The van der Waals surface area contributed by atoms with Crippen molar-refractivity contribution in [3.8, 4) is 0 Å². The van der Waals surface area contributed by atoms with Crippen LogP contribution in [-0.2, 0) is 0 Å². The molecule has 4 nitrogen and oxygen atoms in total. The molecule has 0 amide bonds. The first-order valence-electron chi connectivity index (χ1n) is 1.83. The largest absolute Gasteiger partial charge is 0.365 e.